The van der Waals surface area contributed by atoms with Crippen molar-refractivity contribution in [3.63, 3.8) is 0 Å². The molecule has 1 unspecified atom stereocenters. The van der Waals surface area contributed by atoms with Gasteiger partial charge in [0.2, 0.25) is 5.91 Å². The predicted molar refractivity (Wildman–Crippen MR) is 179 cm³/mol. The lowest BCUT2D eigenvalue weighted by Crippen LogP contribution is -2.34. The molecule has 0 aliphatic heterocycles. The van der Waals surface area contributed by atoms with E-state index in [1.165, 1.54) is 18.1 Å². The Morgan fingerprint density at radius 2 is 1.61 bits per heavy atom. The maximum atomic E-state index is 14.0. The van der Waals surface area contributed by atoms with Gasteiger partial charge in [0.25, 0.3) is 15.9 Å². The Bertz CT molecular complexity index is 1870. The normalized spacial score (nSPS) is 14.2. The number of carbonyl (C=O) groups excluding carboxylic acids is 2. The molecule has 10 heteroatoms. The zero-order valence-corrected chi connectivity index (χ0v) is 27.6. The number of aryl methyl sites for hydroxylation is 1. The minimum atomic E-state index is -4.09. The van der Waals surface area contributed by atoms with Crippen LogP contribution in [0.15, 0.2) is 89.8 Å². The number of nitrogens with one attached hydrogen (secondary N) is 1. The summed E-state index contributed by atoms with van der Waals surface area (Å²) in [6.07, 6.45) is 2.77. The van der Waals surface area contributed by atoms with E-state index in [1.54, 1.807) is 75.6 Å². The smallest absolute Gasteiger partial charge is 0.262 e. The van der Waals surface area contributed by atoms with Crippen molar-refractivity contribution in [2.45, 2.75) is 36.6 Å². The van der Waals surface area contributed by atoms with Gasteiger partial charge in [-0.2, -0.15) is 0 Å². The number of sulfonamides is 1. The highest BCUT2D eigenvalue weighted by molar-refractivity contribution is 7.92. The van der Waals surface area contributed by atoms with Gasteiger partial charge < -0.3 is 19.3 Å². The standard InChI is InChI=1S/C36H39N3O6S/c1-38(2)36(41)27-12-7-11-26(21-27)32-23-30(45-5)17-18-34(32)46(42,43)37-28-16-15-25-10-8-14-33(31(25)22-28)39(3)35(40)20-24-9-6-13-29(19-24)44-4/h6-7,9,11-13,15-19,21-23,33,37H,8,10,14,20H2,1-5H3. The third kappa shape index (κ3) is 7.02. The molecule has 0 saturated carbocycles. The van der Waals surface area contributed by atoms with E-state index in [-0.39, 0.29) is 29.2 Å². The van der Waals surface area contributed by atoms with Crippen LogP contribution in [0.1, 0.15) is 45.9 Å². The number of amides is 2. The van der Waals surface area contributed by atoms with Gasteiger partial charge in [-0.15, -0.1) is 0 Å². The van der Waals surface area contributed by atoms with E-state index in [2.05, 4.69) is 4.72 Å². The van der Waals surface area contributed by atoms with Gasteiger partial charge >= 0.3 is 0 Å². The zero-order chi connectivity index (χ0) is 33.0. The lowest BCUT2D eigenvalue weighted by molar-refractivity contribution is -0.131. The molecule has 240 valence electrons. The molecule has 9 nitrogen and oxygen atoms in total. The molecule has 0 heterocycles. The van der Waals surface area contributed by atoms with Crippen LogP contribution in [0, 0.1) is 0 Å². The highest BCUT2D eigenvalue weighted by Crippen LogP contribution is 2.37. The van der Waals surface area contributed by atoms with Gasteiger partial charge in [0, 0.05) is 38.0 Å². The average Bonchev–Trinajstić information content (AvgIpc) is 3.06. The quantitative estimate of drug-likeness (QED) is 0.230. The van der Waals surface area contributed by atoms with E-state index >= 15 is 0 Å². The molecule has 1 aliphatic carbocycles. The highest BCUT2D eigenvalue weighted by atomic mass is 32.2. The minimum absolute atomic E-state index is 0.0325. The summed E-state index contributed by atoms with van der Waals surface area (Å²) in [6, 6.07) is 24.4. The first-order chi connectivity index (χ1) is 22.0. The number of anilines is 1. The van der Waals surface area contributed by atoms with E-state index in [1.807, 2.05) is 36.4 Å². The van der Waals surface area contributed by atoms with Gasteiger partial charge in [-0.25, -0.2) is 8.42 Å². The molecule has 4 aromatic rings. The van der Waals surface area contributed by atoms with Gasteiger partial charge in [-0.3, -0.25) is 14.3 Å². The number of benzene rings is 4. The number of carbonyl (C=O) groups is 2. The topological polar surface area (TPSA) is 105 Å². The summed E-state index contributed by atoms with van der Waals surface area (Å²) in [5.41, 5.74) is 4.68. The molecule has 2 amide bonds. The van der Waals surface area contributed by atoms with Gasteiger partial charge in [0.15, 0.2) is 0 Å². The Morgan fingerprint density at radius 1 is 0.870 bits per heavy atom. The summed E-state index contributed by atoms with van der Waals surface area (Å²) in [4.78, 5) is 29.3. The molecule has 1 aliphatic rings. The first-order valence-corrected chi connectivity index (χ1v) is 16.5. The fourth-order valence-corrected chi connectivity index (χ4v) is 7.14. The van der Waals surface area contributed by atoms with Crippen LogP contribution in [0.5, 0.6) is 11.5 Å². The first-order valence-electron chi connectivity index (χ1n) is 15.0. The number of rotatable bonds is 10. The molecule has 46 heavy (non-hydrogen) atoms. The third-order valence-corrected chi connectivity index (χ3v) is 9.77. The molecule has 0 bridgehead atoms. The van der Waals surface area contributed by atoms with Gasteiger partial charge in [-0.1, -0.05) is 30.3 Å². The molecule has 0 radical (unpaired) electrons. The fraction of sp³-hybridized carbons (Fsp3) is 0.278. The van der Waals surface area contributed by atoms with Crippen molar-refractivity contribution < 1.29 is 27.5 Å². The summed E-state index contributed by atoms with van der Waals surface area (Å²) >= 11 is 0. The van der Waals surface area contributed by atoms with Crippen LogP contribution in [0.3, 0.4) is 0 Å². The number of methoxy groups -OCH3 is 2. The van der Waals surface area contributed by atoms with Gasteiger partial charge in [-0.05, 0) is 96.1 Å². The van der Waals surface area contributed by atoms with Crippen LogP contribution in [-0.4, -0.2) is 65.4 Å². The summed E-state index contributed by atoms with van der Waals surface area (Å²) < 4.78 is 41.4. The van der Waals surface area contributed by atoms with Crippen LogP contribution in [0.2, 0.25) is 0 Å². The van der Waals surface area contributed by atoms with Crippen molar-refractivity contribution in [1.29, 1.82) is 0 Å². The lowest BCUT2D eigenvalue weighted by Gasteiger charge is -2.34. The number of likely N-dealkylation sites (N-methyl/N-ethyl adjacent to an activating group) is 1. The molecule has 0 spiro atoms. The Labute approximate surface area is 270 Å². The zero-order valence-electron chi connectivity index (χ0n) is 26.7. The second kappa shape index (κ2) is 13.7. The molecule has 5 rings (SSSR count). The van der Waals surface area contributed by atoms with Crippen LogP contribution in [0.4, 0.5) is 5.69 Å². The monoisotopic (exact) mass is 641 g/mol. The van der Waals surface area contributed by atoms with Gasteiger partial charge in [0.05, 0.1) is 31.6 Å². The Hall–Kier alpha value is -4.83. The summed E-state index contributed by atoms with van der Waals surface area (Å²) in [5.74, 6) is 0.956. The van der Waals surface area contributed by atoms with Crippen molar-refractivity contribution in [3.05, 3.63) is 107 Å². The lowest BCUT2D eigenvalue weighted by atomic mass is 9.86. The minimum Gasteiger partial charge on any atom is -0.497 e. The van der Waals surface area contributed by atoms with E-state index < -0.39 is 10.0 Å². The van der Waals surface area contributed by atoms with Crippen molar-refractivity contribution >= 4 is 27.5 Å². The van der Waals surface area contributed by atoms with Crippen LogP contribution in [0.25, 0.3) is 11.1 Å². The average molecular weight is 642 g/mol. The maximum Gasteiger partial charge on any atom is 0.262 e. The first kappa shape index (κ1) is 32.6. The molecule has 0 aromatic heterocycles. The predicted octanol–water partition coefficient (Wildman–Crippen LogP) is 5.95. The number of nitrogens with zero attached hydrogens (tertiary/aromatic N) is 2. The number of ether oxygens (including phenoxy) is 2. The molecule has 0 saturated heterocycles. The van der Waals surface area contributed by atoms with Crippen molar-refractivity contribution in [2.75, 3.05) is 40.1 Å². The summed E-state index contributed by atoms with van der Waals surface area (Å²) in [5, 5.41) is 0. The molecule has 1 atom stereocenters. The largest absolute Gasteiger partial charge is 0.497 e. The molecular formula is C36H39N3O6S. The number of hydrogen-bond donors (Lipinski definition) is 1. The molecule has 0 fully saturated rings. The van der Waals surface area contributed by atoms with Crippen LogP contribution in [-0.2, 0) is 27.7 Å². The van der Waals surface area contributed by atoms with E-state index in [9.17, 15) is 18.0 Å². The van der Waals surface area contributed by atoms with E-state index in [0.717, 1.165) is 36.0 Å². The van der Waals surface area contributed by atoms with Crippen LogP contribution >= 0.6 is 0 Å². The van der Waals surface area contributed by atoms with Crippen molar-refractivity contribution in [1.82, 2.24) is 9.80 Å². The molecule has 1 N–H and O–H groups in total. The SMILES string of the molecule is COc1cccc(CC(=O)N(C)C2CCCc3ccc(NS(=O)(=O)c4ccc(OC)cc4-c4cccc(C(=O)N(C)C)c4)cc32)c1. The summed E-state index contributed by atoms with van der Waals surface area (Å²) in [6.45, 7) is 0. The number of fused-ring (bicyclic) bond motifs is 1. The Kier molecular flexibility index (Phi) is 9.67. The fourth-order valence-electron chi connectivity index (χ4n) is 5.88. The van der Waals surface area contributed by atoms with E-state index in [0.29, 0.717) is 33.9 Å². The van der Waals surface area contributed by atoms with Crippen molar-refractivity contribution in [3.8, 4) is 22.6 Å². The highest BCUT2D eigenvalue weighted by Gasteiger charge is 2.28. The second-order valence-corrected chi connectivity index (χ2v) is 13.3. The second-order valence-electron chi connectivity index (χ2n) is 11.6. The molecular weight excluding hydrogens is 602 g/mol. The number of hydrogen-bond acceptors (Lipinski definition) is 6. The molecule has 4 aromatic carbocycles. The van der Waals surface area contributed by atoms with Gasteiger partial charge in [0.1, 0.15) is 11.5 Å². The van der Waals surface area contributed by atoms with Crippen LogP contribution < -0.4 is 14.2 Å². The summed E-state index contributed by atoms with van der Waals surface area (Å²) in [7, 11) is 4.15. The maximum absolute atomic E-state index is 14.0. The van der Waals surface area contributed by atoms with E-state index in [4.69, 9.17) is 9.47 Å². The van der Waals surface area contributed by atoms with Crippen molar-refractivity contribution in [2.24, 2.45) is 0 Å². The Morgan fingerprint density at radius 3 is 2.35 bits per heavy atom. The third-order valence-electron chi connectivity index (χ3n) is 8.33. The Balaban J connectivity index is 1.44.